The predicted molar refractivity (Wildman–Crippen MR) is 138 cm³/mol. The molecule has 0 saturated carbocycles. The van der Waals surface area contributed by atoms with Gasteiger partial charge in [0.1, 0.15) is 0 Å². The number of allylic oxidation sites excluding steroid dienone is 1. The largest absolute Gasteiger partial charge is 0.416 e. The first-order valence-electron chi connectivity index (χ1n) is 10.9. The third kappa shape index (κ3) is 5.87. The maximum Gasteiger partial charge on any atom is 0.416 e. The Morgan fingerprint density at radius 3 is 2.26 bits per heavy atom. The Bertz CT molecular complexity index is 1250. The maximum atomic E-state index is 13.6. The summed E-state index contributed by atoms with van der Waals surface area (Å²) in [6, 6.07) is 19.1. The standard InChI is InChI=1S/C25H22F3N3.C2H6.CH4/c1-16(2)18-10-13-23-22(14-18)30-24(29-20-11-8-17(3)9-12-20)31(23)15-19-6-4-5-7-21(19)25(26,27)28;1-2;/h4-14H,1,15H2,2-3H3,(H,29,30);1-2H3;1H4. The molecule has 34 heavy (non-hydrogen) atoms. The van der Waals surface area contributed by atoms with Crippen molar-refractivity contribution in [2.45, 2.75) is 47.8 Å². The van der Waals surface area contributed by atoms with Crippen LogP contribution in [0.3, 0.4) is 0 Å². The van der Waals surface area contributed by atoms with E-state index in [0.29, 0.717) is 11.5 Å². The average molecular weight is 468 g/mol. The van der Waals surface area contributed by atoms with Gasteiger partial charge in [0.2, 0.25) is 5.95 Å². The predicted octanol–water partition coefficient (Wildman–Crippen LogP) is 8.85. The second kappa shape index (κ2) is 11.1. The number of rotatable bonds is 5. The van der Waals surface area contributed by atoms with Crippen LogP contribution in [0, 0.1) is 6.92 Å². The molecule has 4 rings (SSSR count). The number of benzene rings is 3. The van der Waals surface area contributed by atoms with Crippen LogP contribution in [-0.2, 0) is 12.7 Å². The van der Waals surface area contributed by atoms with Crippen molar-refractivity contribution < 1.29 is 13.2 Å². The quantitative estimate of drug-likeness (QED) is 0.318. The molecule has 0 fully saturated rings. The van der Waals surface area contributed by atoms with Crippen molar-refractivity contribution in [1.29, 1.82) is 0 Å². The molecule has 6 heteroatoms. The number of halogens is 3. The molecular weight excluding hydrogens is 435 g/mol. The van der Waals surface area contributed by atoms with Gasteiger partial charge >= 0.3 is 6.18 Å². The van der Waals surface area contributed by atoms with Crippen LogP contribution in [0.15, 0.2) is 73.3 Å². The molecule has 1 N–H and O–H groups in total. The van der Waals surface area contributed by atoms with E-state index in [2.05, 4.69) is 11.9 Å². The van der Waals surface area contributed by atoms with E-state index >= 15 is 0 Å². The Kier molecular flexibility index (Phi) is 8.68. The van der Waals surface area contributed by atoms with Crippen LogP contribution in [0.25, 0.3) is 16.6 Å². The number of fused-ring (bicyclic) bond motifs is 1. The van der Waals surface area contributed by atoms with Crippen LogP contribution in [0.5, 0.6) is 0 Å². The van der Waals surface area contributed by atoms with E-state index in [0.717, 1.165) is 34.0 Å². The number of imidazole rings is 1. The van der Waals surface area contributed by atoms with Crippen LogP contribution in [0.4, 0.5) is 24.8 Å². The van der Waals surface area contributed by atoms with Crippen molar-refractivity contribution in [3.05, 3.63) is 95.6 Å². The van der Waals surface area contributed by atoms with Crippen molar-refractivity contribution in [2.24, 2.45) is 0 Å². The lowest BCUT2D eigenvalue weighted by Gasteiger charge is -2.16. The third-order valence-electron chi connectivity index (χ3n) is 5.20. The van der Waals surface area contributed by atoms with Crippen LogP contribution >= 0.6 is 0 Å². The molecule has 1 heterocycles. The Morgan fingerprint density at radius 2 is 1.65 bits per heavy atom. The zero-order valence-electron chi connectivity index (χ0n) is 19.3. The van der Waals surface area contributed by atoms with E-state index in [4.69, 9.17) is 4.98 Å². The number of aromatic nitrogens is 2. The summed E-state index contributed by atoms with van der Waals surface area (Å²) in [5.41, 5.74) is 4.75. The highest BCUT2D eigenvalue weighted by atomic mass is 19.4. The highest BCUT2D eigenvalue weighted by molar-refractivity contribution is 5.83. The first-order valence-corrected chi connectivity index (χ1v) is 10.9. The lowest BCUT2D eigenvalue weighted by molar-refractivity contribution is -0.138. The minimum atomic E-state index is -4.43. The monoisotopic (exact) mass is 467 g/mol. The van der Waals surface area contributed by atoms with E-state index in [1.165, 1.54) is 12.1 Å². The van der Waals surface area contributed by atoms with Gasteiger partial charge in [0.25, 0.3) is 0 Å². The molecule has 0 saturated heterocycles. The molecular formula is C28H32F3N3. The van der Waals surface area contributed by atoms with Gasteiger partial charge in [-0.3, -0.25) is 0 Å². The molecule has 0 atom stereocenters. The highest BCUT2D eigenvalue weighted by Crippen LogP contribution is 2.34. The topological polar surface area (TPSA) is 29.9 Å². The molecule has 0 bridgehead atoms. The van der Waals surface area contributed by atoms with Crippen LogP contribution < -0.4 is 5.32 Å². The normalized spacial score (nSPS) is 10.8. The van der Waals surface area contributed by atoms with Gasteiger partial charge in [-0.05, 0) is 55.3 Å². The van der Waals surface area contributed by atoms with Gasteiger partial charge in [0.15, 0.2) is 0 Å². The SMILES string of the molecule is C.C=C(C)c1ccc2c(c1)nc(Nc1ccc(C)cc1)n2Cc1ccccc1C(F)(F)F.CC. The van der Waals surface area contributed by atoms with Gasteiger partial charge in [0, 0.05) is 5.69 Å². The van der Waals surface area contributed by atoms with Gasteiger partial charge in [-0.1, -0.05) is 75.4 Å². The summed E-state index contributed by atoms with van der Waals surface area (Å²) in [7, 11) is 0. The molecule has 0 amide bonds. The Morgan fingerprint density at radius 1 is 1.00 bits per heavy atom. The molecule has 0 aliphatic heterocycles. The number of aryl methyl sites for hydroxylation is 1. The molecule has 3 aromatic carbocycles. The molecule has 0 radical (unpaired) electrons. The van der Waals surface area contributed by atoms with Gasteiger partial charge < -0.3 is 9.88 Å². The number of anilines is 2. The van der Waals surface area contributed by atoms with Gasteiger partial charge in [-0.15, -0.1) is 0 Å². The molecule has 0 spiro atoms. The highest BCUT2D eigenvalue weighted by Gasteiger charge is 2.33. The first-order chi connectivity index (χ1) is 15.7. The average Bonchev–Trinajstić information content (AvgIpc) is 3.12. The molecule has 3 nitrogen and oxygen atoms in total. The van der Waals surface area contributed by atoms with Gasteiger partial charge in [-0.25, -0.2) is 4.98 Å². The Hall–Kier alpha value is -3.54. The molecule has 1 aromatic heterocycles. The van der Waals surface area contributed by atoms with E-state index < -0.39 is 11.7 Å². The van der Waals surface area contributed by atoms with Crippen molar-refractivity contribution in [1.82, 2.24) is 9.55 Å². The summed E-state index contributed by atoms with van der Waals surface area (Å²) in [6.45, 7) is 11.9. The number of hydrogen-bond acceptors (Lipinski definition) is 2. The fourth-order valence-electron chi connectivity index (χ4n) is 3.52. The fourth-order valence-corrected chi connectivity index (χ4v) is 3.52. The first kappa shape index (κ1) is 26.7. The number of hydrogen-bond donors (Lipinski definition) is 1. The van der Waals surface area contributed by atoms with Crippen LogP contribution in [-0.4, -0.2) is 9.55 Å². The molecule has 0 aliphatic rings. The molecule has 0 aliphatic carbocycles. The zero-order chi connectivity index (χ0) is 24.2. The van der Waals surface area contributed by atoms with Gasteiger partial charge in [-0.2, -0.15) is 13.2 Å². The van der Waals surface area contributed by atoms with Crippen molar-refractivity contribution in [3.8, 4) is 0 Å². The zero-order valence-corrected chi connectivity index (χ0v) is 19.3. The number of alkyl halides is 3. The third-order valence-corrected chi connectivity index (χ3v) is 5.20. The lowest BCUT2D eigenvalue weighted by Crippen LogP contribution is -2.12. The lowest BCUT2D eigenvalue weighted by atomic mass is 10.1. The fraction of sp³-hybridized carbons (Fsp3) is 0.250. The van der Waals surface area contributed by atoms with E-state index in [-0.39, 0.29) is 19.5 Å². The van der Waals surface area contributed by atoms with Crippen molar-refractivity contribution in [3.63, 3.8) is 0 Å². The van der Waals surface area contributed by atoms with Crippen molar-refractivity contribution in [2.75, 3.05) is 5.32 Å². The van der Waals surface area contributed by atoms with Crippen molar-refractivity contribution >= 4 is 28.2 Å². The Labute approximate surface area is 200 Å². The van der Waals surface area contributed by atoms with E-state index in [1.807, 2.05) is 70.2 Å². The summed E-state index contributed by atoms with van der Waals surface area (Å²) in [5.74, 6) is 0.481. The Balaban J connectivity index is 0.00000133. The summed E-state index contributed by atoms with van der Waals surface area (Å²) in [6.07, 6.45) is -4.43. The maximum absolute atomic E-state index is 13.6. The summed E-state index contributed by atoms with van der Waals surface area (Å²) >= 11 is 0. The number of nitrogens with one attached hydrogen (secondary N) is 1. The minimum absolute atomic E-state index is 0. The molecule has 180 valence electrons. The summed E-state index contributed by atoms with van der Waals surface area (Å²) in [4.78, 5) is 4.69. The molecule has 4 aromatic rings. The summed E-state index contributed by atoms with van der Waals surface area (Å²) < 4.78 is 42.5. The number of nitrogens with zero attached hydrogens (tertiary/aromatic N) is 2. The van der Waals surface area contributed by atoms with E-state index in [1.54, 1.807) is 10.6 Å². The smallest absolute Gasteiger partial charge is 0.326 e. The van der Waals surface area contributed by atoms with Gasteiger partial charge in [0.05, 0.1) is 23.1 Å². The minimum Gasteiger partial charge on any atom is -0.326 e. The van der Waals surface area contributed by atoms with Crippen LogP contribution in [0.2, 0.25) is 0 Å². The second-order valence-corrected chi connectivity index (χ2v) is 7.65. The molecule has 0 unspecified atom stereocenters. The summed E-state index contributed by atoms with van der Waals surface area (Å²) in [5, 5.41) is 3.26. The van der Waals surface area contributed by atoms with Crippen LogP contribution in [0.1, 0.15) is 50.5 Å². The second-order valence-electron chi connectivity index (χ2n) is 7.65. The van der Waals surface area contributed by atoms with E-state index in [9.17, 15) is 13.2 Å².